The van der Waals surface area contributed by atoms with Gasteiger partial charge in [0.1, 0.15) is 0 Å². The number of aliphatic imine (C=N–C) groups is 1. The van der Waals surface area contributed by atoms with Crippen LogP contribution in [0.4, 0.5) is 0 Å². The highest BCUT2D eigenvalue weighted by molar-refractivity contribution is 6.09. The number of allylic oxidation sites excluding steroid dienone is 6. The van der Waals surface area contributed by atoms with E-state index in [-0.39, 0.29) is 0 Å². The summed E-state index contributed by atoms with van der Waals surface area (Å²) in [6.07, 6.45) is 13.3. The predicted octanol–water partition coefficient (Wildman–Crippen LogP) is 6.42. The lowest BCUT2D eigenvalue weighted by molar-refractivity contribution is 1.06. The molecule has 1 aliphatic carbocycles. The van der Waals surface area contributed by atoms with E-state index < -0.39 is 0 Å². The Morgan fingerprint density at radius 2 is 1.77 bits per heavy atom. The van der Waals surface area contributed by atoms with Gasteiger partial charge in [0.25, 0.3) is 0 Å². The van der Waals surface area contributed by atoms with Crippen molar-refractivity contribution in [1.82, 2.24) is 0 Å². The summed E-state index contributed by atoms with van der Waals surface area (Å²) in [6.45, 7) is 2.76. The Labute approximate surface area is 178 Å². The van der Waals surface area contributed by atoms with Gasteiger partial charge in [0, 0.05) is 5.70 Å². The minimum Gasteiger partial charge on any atom is -0.398 e. The number of benzene rings is 3. The minimum atomic E-state index is 0.607. The van der Waals surface area contributed by atoms with Gasteiger partial charge in [0.15, 0.2) is 0 Å². The predicted molar refractivity (Wildman–Crippen MR) is 129 cm³/mol. The fraction of sp³-hybridized carbons (Fsp3) is 0.107. The molecule has 30 heavy (non-hydrogen) atoms. The zero-order valence-electron chi connectivity index (χ0n) is 17.3. The van der Waals surface area contributed by atoms with Crippen LogP contribution in [-0.2, 0) is 6.54 Å². The SMILES string of the molecule is Cc1ccc2ccccc2c1CN=C(/C=C(\N)C1=CC=CCC=C1)c1ccccc1. The maximum atomic E-state index is 6.47. The van der Waals surface area contributed by atoms with Crippen LogP contribution in [0.2, 0.25) is 0 Å². The number of aryl methyl sites for hydroxylation is 1. The van der Waals surface area contributed by atoms with Gasteiger partial charge in [-0.25, -0.2) is 0 Å². The zero-order chi connectivity index (χ0) is 20.8. The van der Waals surface area contributed by atoms with Gasteiger partial charge in [-0.05, 0) is 52.5 Å². The monoisotopic (exact) mass is 390 g/mol. The second kappa shape index (κ2) is 9.23. The number of fused-ring (bicyclic) bond motifs is 1. The van der Waals surface area contributed by atoms with Gasteiger partial charge in [0.2, 0.25) is 0 Å². The average molecular weight is 391 g/mol. The third-order valence-corrected chi connectivity index (χ3v) is 5.36. The van der Waals surface area contributed by atoms with Gasteiger partial charge in [0.05, 0.1) is 12.3 Å². The first-order chi connectivity index (χ1) is 14.7. The van der Waals surface area contributed by atoms with Crippen molar-refractivity contribution >= 4 is 16.5 Å². The molecule has 0 aliphatic heterocycles. The van der Waals surface area contributed by atoms with E-state index >= 15 is 0 Å². The van der Waals surface area contributed by atoms with E-state index in [2.05, 4.69) is 79.8 Å². The van der Waals surface area contributed by atoms with E-state index in [1.165, 1.54) is 21.9 Å². The van der Waals surface area contributed by atoms with Crippen LogP contribution in [0, 0.1) is 6.92 Å². The smallest absolute Gasteiger partial charge is 0.0671 e. The van der Waals surface area contributed by atoms with Crippen molar-refractivity contribution in [2.75, 3.05) is 0 Å². The second-order valence-electron chi connectivity index (χ2n) is 7.44. The molecule has 0 aromatic heterocycles. The van der Waals surface area contributed by atoms with Crippen molar-refractivity contribution in [1.29, 1.82) is 0 Å². The van der Waals surface area contributed by atoms with Gasteiger partial charge in [-0.2, -0.15) is 0 Å². The third kappa shape index (κ3) is 4.49. The van der Waals surface area contributed by atoms with Crippen molar-refractivity contribution in [3.05, 3.63) is 131 Å². The van der Waals surface area contributed by atoms with E-state index in [9.17, 15) is 0 Å². The number of nitrogens with two attached hydrogens (primary N) is 1. The van der Waals surface area contributed by atoms with E-state index in [0.717, 1.165) is 29.0 Å². The van der Waals surface area contributed by atoms with Crippen LogP contribution >= 0.6 is 0 Å². The number of hydrogen-bond donors (Lipinski definition) is 1. The van der Waals surface area contributed by atoms with Crippen LogP contribution in [-0.4, -0.2) is 5.71 Å². The first-order valence-corrected chi connectivity index (χ1v) is 10.3. The maximum Gasteiger partial charge on any atom is 0.0671 e. The van der Waals surface area contributed by atoms with Crippen LogP contribution in [0.25, 0.3) is 10.8 Å². The fourth-order valence-corrected chi connectivity index (χ4v) is 3.65. The van der Waals surface area contributed by atoms with E-state index in [0.29, 0.717) is 6.54 Å². The largest absolute Gasteiger partial charge is 0.398 e. The summed E-state index contributed by atoms with van der Waals surface area (Å²) in [7, 11) is 0. The molecule has 1 aliphatic rings. The van der Waals surface area contributed by atoms with E-state index in [1.54, 1.807) is 0 Å². The highest BCUT2D eigenvalue weighted by Crippen LogP contribution is 2.23. The van der Waals surface area contributed by atoms with E-state index in [1.807, 2.05) is 30.4 Å². The molecule has 2 heteroatoms. The molecule has 0 saturated heterocycles. The van der Waals surface area contributed by atoms with Crippen LogP contribution in [0.5, 0.6) is 0 Å². The van der Waals surface area contributed by atoms with Gasteiger partial charge >= 0.3 is 0 Å². The average Bonchev–Trinajstić information content (AvgIpc) is 3.08. The lowest BCUT2D eigenvalue weighted by Gasteiger charge is -2.10. The Morgan fingerprint density at radius 3 is 2.63 bits per heavy atom. The normalized spacial score (nSPS) is 14.6. The van der Waals surface area contributed by atoms with E-state index in [4.69, 9.17) is 10.7 Å². The number of nitrogens with zero attached hydrogens (tertiary/aromatic N) is 1. The second-order valence-corrected chi connectivity index (χ2v) is 7.44. The zero-order valence-corrected chi connectivity index (χ0v) is 17.3. The summed E-state index contributed by atoms with van der Waals surface area (Å²) in [4.78, 5) is 5.02. The Kier molecular flexibility index (Phi) is 6.05. The molecule has 3 aromatic rings. The first-order valence-electron chi connectivity index (χ1n) is 10.3. The molecule has 0 saturated carbocycles. The highest BCUT2D eigenvalue weighted by atomic mass is 14.7. The molecular formula is C28H26N2. The highest BCUT2D eigenvalue weighted by Gasteiger charge is 2.07. The summed E-state index contributed by atoms with van der Waals surface area (Å²) in [5.41, 5.74) is 12.7. The molecule has 0 spiro atoms. The van der Waals surface area contributed by atoms with Crippen LogP contribution in [0.15, 0.2) is 119 Å². The molecule has 0 fully saturated rings. The Bertz CT molecular complexity index is 1190. The maximum absolute atomic E-state index is 6.47. The number of hydrogen-bond acceptors (Lipinski definition) is 2. The fourth-order valence-electron chi connectivity index (χ4n) is 3.65. The van der Waals surface area contributed by atoms with Crippen LogP contribution in [0.1, 0.15) is 23.1 Å². The minimum absolute atomic E-state index is 0.607. The molecule has 0 radical (unpaired) electrons. The lowest BCUT2D eigenvalue weighted by atomic mass is 9.99. The van der Waals surface area contributed by atoms with Crippen LogP contribution in [0.3, 0.4) is 0 Å². The Hall–Kier alpha value is -3.65. The van der Waals surface area contributed by atoms with Crippen molar-refractivity contribution in [2.24, 2.45) is 10.7 Å². The molecule has 0 unspecified atom stereocenters. The summed E-state index contributed by atoms with van der Waals surface area (Å²) >= 11 is 0. The van der Waals surface area contributed by atoms with Crippen molar-refractivity contribution in [2.45, 2.75) is 19.9 Å². The molecule has 0 bridgehead atoms. The Morgan fingerprint density at radius 1 is 0.967 bits per heavy atom. The lowest BCUT2D eigenvalue weighted by Crippen LogP contribution is -2.06. The third-order valence-electron chi connectivity index (χ3n) is 5.36. The molecule has 4 rings (SSSR count). The summed E-state index contributed by atoms with van der Waals surface area (Å²) in [5, 5.41) is 2.50. The molecule has 2 N–H and O–H groups in total. The molecule has 3 aromatic carbocycles. The molecular weight excluding hydrogens is 364 g/mol. The number of rotatable bonds is 5. The Balaban J connectivity index is 1.75. The standard InChI is InChI=1S/C28H26N2/c1-21-17-18-22-11-9-10-16-25(22)26(21)20-30-28(24-14-7-4-8-15-24)19-27(29)23-12-5-2-3-6-13-23/h2,4-19H,3,20,29H2,1H3/b27-19-,30-28?. The quantitative estimate of drug-likeness (QED) is 0.501. The van der Waals surface area contributed by atoms with Crippen LogP contribution < -0.4 is 5.73 Å². The van der Waals surface area contributed by atoms with Crippen molar-refractivity contribution in [3.63, 3.8) is 0 Å². The van der Waals surface area contributed by atoms with Crippen molar-refractivity contribution in [3.8, 4) is 0 Å². The molecule has 2 nitrogen and oxygen atoms in total. The topological polar surface area (TPSA) is 38.4 Å². The molecule has 0 amide bonds. The molecule has 0 atom stereocenters. The molecule has 148 valence electrons. The molecule has 0 heterocycles. The summed E-state index contributed by atoms with van der Waals surface area (Å²) in [5.74, 6) is 0. The van der Waals surface area contributed by atoms with Gasteiger partial charge in [-0.15, -0.1) is 0 Å². The van der Waals surface area contributed by atoms with Gasteiger partial charge in [-0.3, -0.25) is 4.99 Å². The van der Waals surface area contributed by atoms with Crippen molar-refractivity contribution < 1.29 is 0 Å². The van der Waals surface area contributed by atoms with Gasteiger partial charge in [-0.1, -0.05) is 97.1 Å². The summed E-state index contributed by atoms with van der Waals surface area (Å²) < 4.78 is 0. The first kappa shape index (κ1) is 19.7. The van der Waals surface area contributed by atoms with Gasteiger partial charge < -0.3 is 5.73 Å². The summed E-state index contributed by atoms with van der Waals surface area (Å²) in [6, 6.07) is 23.1.